The van der Waals surface area contributed by atoms with Gasteiger partial charge in [0.1, 0.15) is 0 Å². The first kappa shape index (κ1) is 7.03. The summed E-state index contributed by atoms with van der Waals surface area (Å²) in [6, 6.07) is 7.92. The Morgan fingerprint density at radius 3 is 2.64 bits per heavy atom. The molecular formula is C8H6N2Sn. The van der Waals surface area contributed by atoms with Crippen molar-refractivity contribution in [1.29, 1.82) is 0 Å². The van der Waals surface area contributed by atoms with Crippen molar-refractivity contribution in [3.8, 4) is 0 Å². The Morgan fingerprint density at radius 2 is 1.82 bits per heavy atom. The van der Waals surface area contributed by atoms with E-state index in [9.17, 15) is 0 Å². The van der Waals surface area contributed by atoms with E-state index in [1.165, 1.54) is 0 Å². The molecule has 2 nitrogen and oxygen atoms in total. The number of fused-ring (bicyclic) bond motifs is 1. The van der Waals surface area contributed by atoms with Crippen molar-refractivity contribution in [3.05, 3.63) is 30.5 Å². The number of hydrogen-bond acceptors (Lipinski definition) is 2. The molecule has 0 fully saturated rings. The molecule has 11 heavy (non-hydrogen) atoms. The van der Waals surface area contributed by atoms with Crippen molar-refractivity contribution in [2.24, 2.45) is 0 Å². The Kier molecular flexibility index (Phi) is 1.77. The maximum atomic E-state index is 4.37. The third-order valence-electron chi connectivity index (χ3n) is 1.47. The van der Waals surface area contributed by atoms with E-state index in [0.29, 0.717) is 0 Å². The number of hydrogen-bond donors (Lipinski definition) is 0. The van der Waals surface area contributed by atoms with Crippen molar-refractivity contribution >= 4 is 37.3 Å². The Bertz CT molecular complexity index is 387. The molecule has 2 aromatic rings. The molecule has 2 radical (unpaired) electrons. The van der Waals surface area contributed by atoms with Gasteiger partial charge < -0.3 is 0 Å². The van der Waals surface area contributed by atoms with Crippen LogP contribution in [0.3, 0.4) is 0 Å². The van der Waals surface area contributed by atoms with Gasteiger partial charge in [-0.1, -0.05) is 0 Å². The first-order chi connectivity index (χ1) is 5.36. The zero-order valence-corrected chi connectivity index (χ0v) is 9.15. The predicted molar refractivity (Wildman–Crippen MR) is 46.3 cm³/mol. The second kappa shape index (κ2) is 2.77. The van der Waals surface area contributed by atoms with Crippen LogP contribution in [0.1, 0.15) is 0 Å². The second-order valence-corrected chi connectivity index (χ2v) is 3.97. The van der Waals surface area contributed by atoms with Crippen molar-refractivity contribution in [2.45, 2.75) is 0 Å². The molecule has 0 aliphatic carbocycles. The van der Waals surface area contributed by atoms with Gasteiger partial charge in [0.25, 0.3) is 0 Å². The van der Waals surface area contributed by atoms with Crippen LogP contribution in [0.5, 0.6) is 0 Å². The summed E-state index contributed by atoms with van der Waals surface area (Å²) in [6.45, 7) is 0. The summed E-state index contributed by atoms with van der Waals surface area (Å²) < 4.78 is 1.09. The quantitative estimate of drug-likeness (QED) is 0.621. The summed E-state index contributed by atoms with van der Waals surface area (Å²) >= 11 is 1.03. The number of nitrogens with zero attached hydrogens (tertiary/aromatic N) is 2. The molecule has 1 aromatic carbocycles. The van der Waals surface area contributed by atoms with Crippen LogP contribution >= 0.6 is 0 Å². The average molecular weight is 249 g/mol. The van der Waals surface area contributed by atoms with Crippen LogP contribution in [-0.4, -0.2) is 32.5 Å². The fourth-order valence-electron chi connectivity index (χ4n) is 0.972. The number of rotatable bonds is 0. The fourth-order valence-corrected chi connectivity index (χ4v) is 1.58. The minimum atomic E-state index is 0.977. The van der Waals surface area contributed by atoms with E-state index in [-0.39, 0.29) is 0 Å². The number of aromatic nitrogens is 2. The van der Waals surface area contributed by atoms with E-state index in [0.717, 1.165) is 37.3 Å². The van der Waals surface area contributed by atoms with E-state index in [2.05, 4.69) is 9.97 Å². The number of benzene rings is 1. The van der Waals surface area contributed by atoms with Crippen molar-refractivity contribution in [3.63, 3.8) is 0 Å². The summed E-state index contributed by atoms with van der Waals surface area (Å²) in [7, 11) is 0. The standard InChI is InChI=1S/C8H5N2.Sn.H/c1-2-4-8-7(3-1)9-5-6-10-8;;/h1-5H;;. The van der Waals surface area contributed by atoms with Crippen molar-refractivity contribution < 1.29 is 0 Å². The van der Waals surface area contributed by atoms with Crippen molar-refractivity contribution in [1.82, 2.24) is 9.97 Å². The Balaban J connectivity index is 2.83. The fraction of sp³-hybridized carbons (Fsp3) is 0. The van der Waals surface area contributed by atoms with Crippen LogP contribution in [0.15, 0.2) is 30.5 Å². The van der Waals surface area contributed by atoms with Gasteiger partial charge in [0.05, 0.1) is 0 Å². The Hall–Kier alpha value is -0.641. The van der Waals surface area contributed by atoms with Gasteiger partial charge in [-0.2, -0.15) is 0 Å². The van der Waals surface area contributed by atoms with Crippen LogP contribution in [-0.2, 0) is 0 Å². The summed E-state index contributed by atoms with van der Waals surface area (Å²) in [4.78, 5) is 8.62. The van der Waals surface area contributed by atoms with E-state index in [4.69, 9.17) is 0 Å². The molecule has 1 heterocycles. The van der Waals surface area contributed by atoms with E-state index in [1.807, 2.05) is 30.5 Å². The topological polar surface area (TPSA) is 25.8 Å². The Labute approximate surface area is 77.8 Å². The maximum absolute atomic E-state index is 4.37. The van der Waals surface area contributed by atoms with Crippen molar-refractivity contribution in [2.75, 3.05) is 0 Å². The molecule has 0 unspecified atom stereocenters. The molecule has 0 saturated carbocycles. The third kappa shape index (κ3) is 1.35. The summed E-state index contributed by atoms with van der Waals surface area (Å²) in [5.41, 5.74) is 1.98. The molecule has 3 heteroatoms. The molecule has 2 rings (SSSR count). The zero-order valence-electron chi connectivity index (χ0n) is 5.86. The first-order valence-electron chi connectivity index (χ1n) is 3.33. The average Bonchev–Trinajstić information content (AvgIpc) is 2.04. The molecule has 0 aliphatic heterocycles. The molecule has 52 valence electrons. The van der Waals surface area contributed by atoms with Gasteiger partial charge in [-0.3, -0.25) is 0 Å². The number of para-hydroxylation sites is 2. The second-order valence-electron chi connectivity index (χ2n) is 2.28. The van der Waals surface area contributed by atoms with Gasteiger partial charge in [-0.25, -0.2) is 0 Å². The van der Waals surface area contributed by atoms with Gasteiger partial charge in [0.15, 0.2) is 0 Å². The summed E-state index contributed by atoms with van der Waals surface area (Å²) in [5, 5.41) is 0. The van der Waals surface area contributed by atoms with Gasteiger partial charge in [0.2, 0.25) is 0 Å². The molecule has 0 aliphatic rings. The Morgan fingerprint density at radius 1 is 1.09 bits per heavy atom. The van der Waals surface area contributed by atoms with Crippen LogP contribution in [0.2, 0.25) is 0 Å². The normalized spacial score (nSPS) is 10.3. The van der Waals surface area contributed by atoms with E-state index in [1.54, 1.807) is 0 Å². The van der Waals surface area contributed by atoms with Gasteiger partial charge in [-0.05, 0) is 0 Å². The summed E-state index contributed by atoms with van der Waals surface area (Å²) in [6.07, 6.45) is 1.84. The molecular weight excluding hydrogens is 243 g/mol. The van der Waals surface area contributed by atoms with Gasteiger partial charge >= 0.3 is 77.7 Å². The van der Waals surface area contributed by atoms with Gasteiger partial charge in [0, 0.05) is 0 Å². The third-order valence-corrected chi connectivity index (χ3v) is 2.26. The molecule has 0 amide bonds. The van der Waals surface area contributed by atoms with Crippen LogP contribution < -0.4 is 3.71 Å². The molecule has 0 spiro atoms. The first-order valence-corrected chi connectivity index (χ1v) is 4.98. The molecule has 0 bridgehead atoms. The molecule has 1 aromatic heterocycles. The monoisotopic (exact) mass is 250 g/mol. The predicted octanol–water partition coefficient (Wildman–Crippen LogP) is 0.156. The van der Waals surface area contributed by atoms with E-state index < -0.39 is 0 Å². The van der Waals surface area contributed by atoms with Crippen LogP contribution in [0, 0.1) is 0 Å². The minimum absolute atomic E-state index is 0.977. The molecule has 0 N–H and O–H groups in total. The van der Waals surface area contributed by atoms with Gasteiger partial charge in [-0.15, -0.1) is 0 Å². The summed E-state index contributed by atoms with van der Waals surface area (Å²) in [5.74, 6) is 0. The SMILES string of the molecule is [SnH][c]1cnc2ccccc2n1. The molecule has 0 atom stereocenters. The molecule has 0 saturated heterocycles. The van der Waals surface area contributed by atoms with Crippen LogP contribution in [0.4, 0.5) is 0 Å². The zero-order chi connectivity index (χ0) is 7.68. The van der Waals surface area contributed by atoms with Crippen LogP contribution in [0.25, 0.3) is 11.0 Å². The van der Waals surface area contributed by atoms with E-state index >= 15 is 0 Å².